The molecule has 2 aromatic heterocycles. The number of hydrogen-bond acceptors (Lipinski definition) is 5. The van der Waals surface area contributed by atoms with Gasteiger partial charge in [0.15, 0.2) is 0 Å². The molecule has 0 fully saturated rings. The third kappa shape index (κ3) is 4.22. The summed E-state index contributed by atoms with van der Waals surface area (Å²) >= 11 is 7.46. The summed E-state index contributed by atoms with van der Waals surface area (Å²) in [5, 5.41) is 5.29. The van der Waals surface area contributed by atoms with Gasteiger partial charge >= 0.3 is 5.97 Å². The molecule has 0 saturated heterocycles. The highest BCUT2D eigenvalue weighted by Gasteiger charge is 2.18. The Morgan fingerprint density at radius 2 is 1.97 bits per heavy atom. The molecule has 0 aliphatic carbocycles. The number of methoxy groups -OCH3 is 1. The fourth-order valence-electron chi connectivity index (χ4n) is 2.82. The Labute approximate surface area is 181 Å². The molecule has 0 atom stereocenters. The molecule has 2 heterocycles. The molecular formula is C22H15ClFN3O2S. The molecule has 0 bridgehead atoms. The Morgan fingerprint density at radius 3 is 2.63 bits per heavy atom. The molecule has 0 radical (unpaired) electrons. The van der Waals surface area contributed by atoms with E-state index in [4.69, 9.17) is 11.6 Å². The fourth-order valence-corrected chi connectivity index (χ4v) is 3.88. The van der Waals surface area contributed by atoms with Gasteiger partial charge in [-0.3, -0.25) is 4.98 Å². The van der Waals surface area contributed by atoms with E-state index in [-0.39, 0.29) is 5.56 Å². The van der Waals surface area contributed by atoms with Crippen LogP contribution in [0.1, 0.15) is 10.4 Å². The highest BCUT2D eigenvalue weighted by atomic mass is 35.5. The third-order valence-corrected chi connectivity index (χ3v) is 5.56. The minimum absolute atomic E-state index is 0.125. The van der Waals surface area contributed by atoms with E-state index in [2.05, 4.69) is 14.8 Å². The van der Waals surface area contributed by atoms with E-state index >= 15 is 0 Å². The number of benzene rings is 2. The van der Waals surface area contributed by atoms with E-state index in [9.17, 15) is 9.18 Å². The van der Waals surface area contributed by atoms with Crippen molar-refractivity contribution in [3.63, 3.8) is 0 Å². The Kier molecular flexibility index (Phi) is 5.83. The molecule has 0 spiro atoms. The van der Waals surface area contributed by atoms with Crippen LogP contribution in [0.5, 0.6) is 0 Å². The lowest BCUT2D eigenvalue weighted by Gasteiger charge is -2.06. The molecule has 0 N–H and O–H groups in total. The number of ether oxygens (including phenoxy) is 1. The lowest BCUT2D eigenvalue weighted by atomic mass is 10.1. The summed E-state index contributed by atoms with van der Waals surface area (Å²) in [6, 6.07) is 15.4. The molecule has 0 aliphatic rings. The van der Waals surface area contributed by atoms with Gasteiger partial charge in [0, 0.05) is 27.9 Å². The molecule has 0 amide bonds. The summed E-state index contributed by atoms with van der Waals surface area (Å²) in [4.78, 5) is 17.6. The van der Waals surface area contributed by atoms with E-state index in [1.54, 1.807) is 35.3 Å². The van der Waals surface area contributed by atoms with Gasteiger partial charge < -0.3 is 4.74 Å². The Morgan fingerprint density at radius 1 is 1.17 bits per heavy atom. The van der Waals surface area contributed by atoms with Crippen LogP contribution in [0, 0.1) is 5.82 Å². The van der Waals surface area contributed by atoms with Crippen molar-refractivity contribution >= 4 is 29.3 Å². The zero-order valence-electron chi connectivity index (χ0n) is 15.8. The van der Waals surface area contributed by atoms with Crippen molar-refractivity contribution in [1.82, 2.24) is 14.8 Å². The van der Waals surface area contributed by atoms with Gasteiger partial charge in [0.2, 0.25) is 0 Å². The quantitative estimate of drug-likeness (QED) is 0.375. The van der Waals surface area contributed by atoms with Crippen LogP contribution < -0.4 is 0 Å². The maximum Gasteiger partial charge on any atom is 0.340 e. The van der Waals surface area contributed by atoms with Crippen molar-refractivity contribution in [3.05, 3.63) is 89.6 Å². The number of carbonyl (C=O) groups excluding carboxylic acids is 1. The number of pyridine rings is 1. The fraction of sp³-hybridized carbons (Fsp3) is 0.0455. The third-order valence-electron chi connectivity index (χ3n) is 4.28. The van der Waals surface area contributed by atoms with Crippen molar-refractivity contribution in [2.75, 3.05) is 7.11 Å². The van der Waals surface area contributed by atoms with Gasteiger partial charge in [-0.2, -0.15) is 5.10 Å². The summed E-state index contributed by atoms with van der Waals surface area (Å²) in [6.07, 6.45) is 5.23. The Hall–Kier alpha value is -3.16. The molecule has 30 heavy (non-hydrogen) atoms. The number of esters is 1. The van der Waals surface area contributed by atoms with Gasteiger partial charge in [0.1, 0.15) is 11.5 Å². The second-order valence-corrected chi connectivity index (χ2v) is 7.79. The number of nitrogens with zero attached hydrogens (tertiary/aromatic N) is 3. The van der Waals surface area contributed by atoms with Gasteiger partial charge in [0.25, 0.3) is 0 Å². The summed E-state index contributed by atoms with van der Waals surface area (Å²) < 4.78 is 20.8. The minimum atomic E-state index is -0.726. The van der Waals surface area contributed by atoms with Crippen molar-refractivity contribution in [1.29, 1.82) is 0 Å². The summed E-state index contributed by atoms with van der Waals surface area (Å²) in [7, 11) is 1.21. The first kappa shape index (κ1) is 20.1. The number of hydrogen-bond donors (Lipinski definition) is 0. The maximum atomic E-state index is 14.5. The van der Waals surface area contributed by atoms with Crippen molar-refractivity contribution in [2.24, 2.45) is 0 Å². The van der Waals surface area contributed by atoms with Crippen LogP contribution in [-0.4, -0.2) is 27.8 Å². The zero-order valence-corrected chi connectivity index (χ0v) is 17.3. The van der Waals surface area contributed by atoms with Crippen LogP contribution in [0.2, 0.25) is 5.02 Å². The van der Waals surface area contributed by atoms with Gasteiger partial charge in [-0.1, -0.05) is 29.4 Å². The van der Waals surface area contributed by atoms with Crippen LogP contribution in [0.3, 0.4) is 0 Å². The molecule has 150 valence electrons. The summed E-state index contributed by atoms with van der Waals surface area (Å²) in [5.74, 6) is -1.39. The van der Waals surface area contributed by atoms with Gasteiger partial charge in [0.05, 0.1) is 29.5 Å². The summed E-state index contributed by atoms with van der Waals surface area (Å²) in [5.41, 5.74) is 1.77. The van der Waals surface area contributed by atoms with E-state index in [1.165, 1.54) is 31.0 Å². The maximum absolute atomic E-state index is 14.5. The number of carbonyl (C=O) groups is 1. The summed E-state index contributed by atoms with van der Waals surface area (Å²) in [6.45, 7) is 0. The average Bonchev–Trinajstić information content (AvgIpc) is 3.19. The Balaban J connectivity index is 1.79. The SMILES string of the molecule is COC(=O)c1ccc(-c2nn(-c3cccnc3)cc2Sc2ccc(Cl)cc2)cc1F. The lowest BCUT2D eigenvalue weighted by Crippen LogP contribution is -2.04. The minimum Gasteiger partial charge on any atom is -0.465 e. The molecule has 8 heteroatoms. The van der Waals surface area contributed by atoms with E-state index < -0.39 is 11.8 Å². The molecule has 2 aromatic carbocycles. The van der Waals surface area contributed by atoms with E-state index in [0.29, 0.717) is 16.3 Å². The van der Waals surface area contributed by atoms with Crippen LogP contribution in [0.4, 0.5) is 4.39 Å². The lowest BCUT2D eigenvalue weighted by molar-refractivity contribution is 0.0595. The number of halogens is 2. The van der Waals surface area contributed by atoms with Crippen molar-refractivity contribution < 1.29 is 13.9 Å². The first-order valence-corrected chi connectivity index (χ1v) is 10.1. The van der Waals surface area contributed by atoms with Gasteiger partial charge in [-0.15, -0.1) is 0 Å². The smallest absolute Gasteiger partial charge is 0.340 e. The van der Waals surface area contributed by atoms with Crippen molar-refractivity contribution in [2.45, 2.75) is 9.79 Å². The average molecular weight is 440 g/mol. The van der Waals surface area contributed by atoms with Crippen LogP contribution in [-0.2, 0) is 4.74 Å². The second kappa shape index (κ2) is 8.69. The number of aromatic nitrogens is 3. The Bertz CT molecular complexity index is 1200. The topological polar surface area (TPSA) is 57.0 Å². The normalized spacial score (nSPS) is 10.8. The predicted octanol–water partition coefficient (Wildman–Crippen LogP) is 5.66. The molecule has 0 unspecified atom stereocenters. The molecule has 0 saturated carbocycles. The molecule has 4 aromatic rings. The molecule has 5 nitrogen and oxygen atoms in total. The van der Waals surface area contributed by atoms with Gasteiger partial charge in [-0.25, -0.2) is 13.9 Å². The largest absolute Gasteiger partial charge is 0.465 e. The van der Waals surface area contributed by atoms with Crippen molar-refractivity contribution in [3.8, 4) is 16.9 Å². The molecule has 4 rings (SSSR count). The zero-order chi connectivity index (χ0) is 21.1. The van der Waals surface area contributed by atoms with Crippen LogP contribution >= 0.6 is 23.4 Å². The van der Waals surface area contributed by atoms with Gasteiger partial charge in [-0.05, 0) is 48.5 Å². The highest BCUT2D eigenvalue weighted by Crippen LogP contribution is 2.37. The molecule has 0 aliphatic heterocycles. The van der Waals surface area contributed by atoms with E-state index in [0.717, 1.165) is 15.5 Å². The van der Waals surface area contributed by atoms with Crippen LogP contribution in [0.15, 0.2) is 83.0 Å². The first-order valence-electron chi connectivity index (χ1n) is 8.87. The van der Waals surface area contributed by atoms with Crippen LogP contribution in [0.25, 0.3) is 16.9 Å². The predicted molar refractivity (Wildman–Crippen MR) is 114 cm³/mol. The highest BCUT2D eigenvalue weighted by molar-refractivity contribution is 7.99. The second-order valence-electron chi connectivity index (χ2n) is 6.24. The first-order chi connectivity index (χ1) is 14.5. The number of rotatable bonds is 5. The molecular weight excluding hydrogens is 425 g/mol. The standard InChI is InChI=1S/C22H15ClFN3O2S/c1-29-22(28)18-9-4-14(11-19(18)24)21-20(30-17-7-5-15(23)6-8-17)13-27(26-21)16-3-2-10-25-12-16/h2-13H,1H3. The monoisotopic (exact) mass is 439 g/mol. The van der Waals surface area contributed by atoms with E-state index in [1.807, 2.05) is 30.5 Å².